The summed E-state index contributed by atoms with van der Waals surface area (Å²) >= 11 is 1.97. The second kappa shape index (κ2) is 9.70. The zero-order chi connectivity index (χ0) is 22.7. The quantitative estimate of drug-likeness (QED) is 0.193. The minimum absolute atomic E-state index is 0.0457. The van der Waals surface area contributed by atoms with E-state index in [9.17, 15) is 30.5 Å². The Balaban J connectivity index is 1.69. The van der Waals surface area contributed by atoms with Gasteiger partial charge in [0.15, 0.2) is 20.7 Å². The number of aliphatic hydroxyl groups excluding tert-OH is 4. The van der Waals surface area contributed by atoms with E-state index in [-0.39, 0.29) is 23.6 Å². The normalized spacial score (nSPS) is 25.7. The van der Waals surface area contributed by atoms with Gasteiger partial charge in [-0.1, -0.05) is 23.1 Å². The van der Waals surface area contributed by atoms with Gasteiger partial charge in [0.1, 0.15) is 42.5 Å². The van der Waals surface area contributed by atoms with E-state index in [1.165, 1.54) is 12.1 Å². The number of nitrogen functional groups attached to an aromatic ring is 1. The lowest BCUT2D eigenvalue weighted by Gasteiger charge is -2.39. The van der Waals surface area contributed by atoms with E-state index in [0.717, 1.165) is 23.1 Å². The number of hydrogen-bond donors (Lipinski definition) is 5. The molecule has 15 heteroatoms. The van der Waals surface area contributed by atoms with Crippen molar-refractivity contribution in [1.29, 1.82) is 5.26 Å². The average Bonchev–Trinajstić information content (AvgIpc) is 3.20. The average molecular weight is 471 g/mol. The number of rotatable bonds is 7. The molecule has 1 aromatic carbocycles. The highest BCUT2D eigenvalue weighted by molar-refractivity contribution is 8.01. The molecule has 3 rings (SSSR count). The SMILES string of the molecule is N#Cc1c(N)ccc(OCc2nnc(S[C@@H]3O[C@H](CO)[C@H](O)[C@H](O)[C@H]3O)s2)c1[N+](=O)[O-]. The number of nitrogens with two attached hydrogens (primary N) is 1. The third kappa shape index (κ3) is 4.85. The third-order valence-corrected chi connectivity index (χ3v) is 6.47. The number of benzene rings is 1. The van der Waals surface area contributed by atoms with Crippen LogP contribution in [0, 0.1) is 21.4 Å². The first-order valence-corrected chi connectivity index (χ1v) is 10.4. The van der Waals surface area contributed by atoms with Gasteiger partial charge in [0.25, 0.3) is 0 Å². The maximum Gasteiger partial charge on any atom is 0.330 e. The molecule has 1 aliphatic rings. The molecule has 5 atom stereocenters. The molecule has 13 nitrogen and oxygen atoms in total. The molecule has 1 aliphatic heterocycles. The molecule has 1 fully saturated rings. The molecule has 0 amide bonds. The van der Waals surface area contributed by atoms with Crippen molar-refractivity contribution in [3.63, 3.8) is 0 Å². The van der Waals surface area contributed by atoms with E-state index in [1.54, 1.807) is 6.07 Å². The van der Waals surface area contributed by atoms with Crippen molar-refractivity contribution in [2.75, 3.05) is 12.3 Å². The van der Waals surface area contributed by atoms with Gasteiger partial charge in [0, 0.05) is 0 Å². The number of ether oxygens (including phenoxy) is 2. The molecule has 0 aliphatic carbocycles. The Hall–Kier alpha value is -2.58. The van der Waals surface area contributed by atoms with Crippen molar-refractivity contribution in [2.24, 2.45) is 0 Å². The first kappa shape index (κ1) is 23.1. The molecule has 31 heavy (non-hydrogen) atoms. The highest BCUT2D eigenvalue weighted by Gasteiger charge is 2.44. The fourth-order valence-corrected chi connectivity index (χ4v) is 4.78. The standard InChI is InChI=1S/C16H17N5O8S2/c17-3-6-7(18)1-2-8(11(6)21(26)27)28-5-10-19-20-16(30-10)31-15-14(25)13(24)12(23)9(4-22)29-15/h1-2,9,12-15,22-25H,4-5,18H2/t9-,12+,13+,14-,15+/m1/s1. The molecule has 166 valence electrons. The van der Waals surface area contributed by atoms with Gasteiger partial charge >= 0.3 is 5.69 Å². The van der Waals surface area contributed by atoms with Gasteiger partial charge in [-0.15, -0.1) is 10.2 Å². The van der Waals surface area contributed by atoms with Crippen LogP contribution in [-0.4, -0.2) is 72.0 Å². The summed E-state index contributed by atoms with van der Waals surface area (Å²) in [6, 6.07) is 4.28. The minimum atomic E-state index is -1.51. The number of nitro benzene ring substituents is 1. The van der Waals surface area contributed by atoms with Crippen LogP contribution in [0.5, 0.6) is 5.75 Å². The molecule has 0 radical (unpaired) electrons. The van der Waals surface area contributed by atoms with Crippen molar-refractivity contribution >= 4 is 34.5 Å². The van der Waals surface area contributed by atoms with Gasteiger partial charge in [-0.3, -0.25) is 10.1 Å². The Morgan fingerprint density at radius 2 is 2.06 bits per heavy atom. The monoisotopic (exact) mass is 471 g/mol. The number of aromatic nitrogens is 2. The van der Waals surface area contributed by atoms with E-state index in [0.29, 0.717) is 9.35 Å². The molecular formula is C16H17N5O8S2. The number of aliphatic hydroxyl groups is 4. The van der Waals surface area contributed by atoms with Gasteiger partial charge in [-0.25, -0.2) is 0 Å². The van der Waals surface area contributed by atoms with Crippen LogP contribution in [-0.2, 0) is 11.3 Å². The molecular weight excluding hydrogens is 454 g/mol. The molecule has 0 spiro atoms. The second-order valence-corrected chi connectivity index (χ2v) is 8.72. The van der Waals surface area contributed by atoms with Crippen molar-refractivity contribution in [1.82, 2.24) is 10.2 Å². The van der Waals surface area contributed by atoms with Crippen LogP contribution in [0.3, 0.4) is 0 Å². The fourth-order valence-electron chi connectivity index (χ4n) is 2.75. The van der Waals surface area contributed by atoms with Crippen molar-refractivity contribution in [2.45, 2.75) is 40.8 Å². The number of nitrogens with zero attached hydrogens (tertiary/aromatic N) is 4. The van der Waals surface area contributed by atoms with Crippen LogP contribution in [0.1, 0.15) is 10.6 Å². The summed E-state index contributed by atoms with van der Waals surface area (Å²) in [5.74, 6) is -0.158. The predicted molar refractivity (Wildman–Crippen MR) is 106 cm³/mol. The predicted octanol–water partition coefficient (Wildman–Crippen LogP) is -0.629. The third-order valence-electron chi connectivity index (χ3n) is 4.33. The number of anilines is 1. The van der Waals surface area contributed by atoms with Crippen molar-refractivity contribution in [3.05, 3.63) is 32.8 Å². The number of nitro groups is 1. The van der Waals surface area contributed by atoms with Gasteiger partial charge in [-0.05, 0) is 12.1 Å². The van der Waals surface area contributed by atoms with Gasteiger partial charge < -0.3 is 35.6 Å². The van der Waals surface area contributed by atoms with Crippen molar-refractivity contribution < 1.29 is 34.8 Å². The van der Waals surface area contributed by atoms with E-state index in [4.69, 9.17) is 20.5 Å². The fraction of sp³-hybridized carbons (Fsp3) is 0.438. The Morgan fingerprint density at radius 3 is 2.71 bits per heavy atom. The highest BCUT2D eigenvalue weighted by atomic mass is 32.2. The lowest BCUT2D eigenvalue weighted by Crippen LogP contribution is -2.57. The Morgan fingerprint density at radius 1 is 1.32 bits per heavy atom. The van der Waals surface area contributed by atoms with Crippen LogP contribution >= 0.6 is 23.1 Å². The van der Waals surface area contributed by atoms with Crippen LogP contribution < -0.4 is 10.5 Å². The molecule has 2 aromatic rings. The number of hydrogen-bond acceptors (Lipinski definition) is 14. The zero-order valence-electron chi connectivity index (χ0n) is 15.6. The smallest absolute Gasteiger partial charge is 0.330 e. The van der Waals surface area contributed by atoms with Crippen LogP contribution in [0.2, 0.25) is 0 Å². The highest BCUT2D eigenvalue weighted by Crippen LogP contribution is 2.37. The second-order valence-electron chi connectivity index (χ2n) is 6.31. The lowest BCUT2D eigenvalue weighted by atomic mass is 10.0. The molecule has 1 aromatic heterocycles. The number of thioether (sulfide) groups is 1. The van der Waals surface area contributed by atoms with Gasteiger partial charge in [0.2, 0.25) is 0 Å². The molecule has 1 saturated heterocycles. The molecule has 0 bridgehead atoms. The summed E-state index contributed by atoms with van der Waals surface area (Å²) in [7, 11) is 0. The molecule has 6 N–H and O–H groups in total. The zero-order valence-corrected chi connectivity index (χ0v) is 17.2. The summed E-state index contributed by atoms with van der Waals surface area (Å²) in [5.41, 5.74) is 3.68. The van der Waals surface area contributed by atoms with E-state index in [1.807, 2.05) is 0 Å². The summed E-state index contributed by atoms with van der Waals surface area (Å²) in [4.78, 5) is 10.6. The summed E-state index contributed by atoms with van der Waals surface area (Å²) in [6.45, 7) is -0.745. The first-order chi connectivity index (χ1) is 14.8. The maximum atomic E-state index is 11.3. The minimum Gasteiger partial charge on any atom is -0.479 e. The summed E-state index contributed by atoms with van der Waals surface area (Å²) in [5, 5.41) is 67.6. The topological polar surface area (TPSA) is 218 Å². The molecule has 0 saturated carbocycles. The largest absolute Gasteiger partial charge is 0.479 e. The lowest BCUT2D eigenvalue weighted by molar-refractivity contribution is -0.386. The molecule has 0 unspecified atom stereocenters. The molecule has 2 heterocycles. The Bertz CT molecular complexity index is 997. The van der Waals surface area contributed by atoms with E-state index >= 15 is 0 Å². The first-order valence-electron chi connectivity index (χ1n) is 8.66. The van der Waals surface area contributed by atoms with E-state index in [2.05, 4.69) is 10.2 Å². The summed E-state index contributed by atoms with van der Waals surface area (Å²) < 4.78 is 11.2. The summed E-state index contributed by atoms with van der Waals surface area (Å²) in [6.07, 6.45) is -5.47. The van der Waals surface area contributed by atoms with Crippen LogP contribution in [0.25, 0.3) is 0 Å². The number of nitriles is 1. The maximum absolute atomic E-state index is 11.3. The van der Waals surface area contributed by atoms with Gasteiger partial charge in [-0.2, -0.15) is 5.26 Å². The van der Waals surface area contributed by atoms with Gasteiger partial charge in [0.05, 0.1) is 17.2 Å². The van der Waals surface area contributed by atoms with E-state index < -0.39 is 47.1 Å². The van der Waals surface area contributed by atoms with Crippen molar-refractivity contribution in [3.8, 4) is 11.8 Å². The van der Waals surface area contributed by atoms with Crippen LogP contribution in [0.15, 0.2) is 16.5 Å². The Labute approximate surface area is 182 Å². The Kier molecular flexibility index (Phi) is 7.23. The van der Waals surface area contributed by atoms with Crippen LogP contribution in [0.4, 0.5) is 11.4 Å².